The van der Waals surface area contributed by atoms with E-state index in [1.54, 1.807) is 10.7 Å². The number of hydrogen-bond acceptors (Lipinski definition) is 4. The van der Waals surface area contributed by atoms with Crippen LogP contribution in [-0.2, 0) is 7.05 Å². The van der Waals surface area contributed by atoms with Crippen molar-refractivity contribution in [2.45, 2.75) is 6.92 Å². The highest BCUT2D eigenvalue weighted by atomic mass is 15.3. The molecule has 0 amide bonds. The summed E-state index contributed by atoms with van der Waals surface area (Å²) in [6, 6.07) is 3.57. The standard InChI is InChI=1S/C9H11N5/c1-6-7(5-14(2)13-6)8-3-4-9(10)12-11-8/h3-5H,1-2H3,(H2,10,12). The molecule has 5 nitrogen and oxygen atoms in total. The third-order valence-corrected chi connectivity index (χ3v) is 1.97. The van der Waals surface area contributed by atoms with Crippen LogP contribution < -0.4 is 5.73 Å². The zero-order chi connectivity index (χ0) is 10.1. The zero-order valence-electron chi connectivity index (χ0n) is 8.10. The molecule has 2 heterocycles. The van der Waals surface area contributed by atoms with E-state index in [0.717, 1.165) is 17.0 Å². The Hall–Kier alpha value is -1.91. The fourth-order valence-electron chi connectivity index (χ4n) is 1.34. The second kappa shape index (κ2) is 3.10. The molecule has 0 aromatic carbocycles. The molecule has 0 saturated carbocycles. The fourth-order valence-corrected chi connectivity index (χ4v) is 1.34. The molecule has 0 aliphatic carbocycles. The number of hydrogen-bond donors (Lipinski definition) is 1. The van der Waals surface area contributed by atoms with Crippen LogP contribution in [0.4, 0.5) is 5.82 Å². The molecule has 0 aliphatic rings. The third-order valence-electron chi connectivity index (χ3n) is 1.97. The lowest BCUT2D eigenvalue weighted by atomic mass is 10.2. The van der Waals surface area contributed by atoms with Gasteiger partial charge >= 0.3 is 0 Å². The highest BCUT2D eigenvalue weighted by Gasteiger charge is 2.06. The van der Waals surface area contributed by atoms with Gasteiger partial charge in [0.1, 0.15) is 5.82 Å². The molecule has 14 heavy (non-hydrogen) atoms. The summed E-state index contributed by atoms with van der Waals surface area (Å²) in [5.74, 6) is 0.426. The molecule has 0 unspecified atom stereocenters. The lowest BCUT2D eigenvalue weighted by molar-refractivity contribution is 0.756. The van der Waals surface area contributed by atoms with E-state index in [1.165, 1.54) is 0 Å². The summed E-state index contributed by atoms with van der Waals surface area (Å²) in [5, 5.41) is 12.0. The van der Waals surface area contributed by atoms with Crippen molar-refractivity contribution in [3.05, 3.63) is 24.0 Å². The summed E-state index contributed by atoms with van der Waals surface area (Å²) in [7, 11) is 1.88. The van der Waals surface area contributed by atoms with Crippen molar-refractivity contribution in [1.29, 1.82) is 0 Å². The van der Waals surface area contributed by atoms with Gasteiger partial charge in [0.2, 0.25) is 0 Å². The number of nitrogens with zero attached hydrogens (tertiary/aromatic N) is 4. The molecule has 0 atom stereocenters. The van der Waals surface area contributed by atoms with Crippen LogP contribution in [0.3, 0.4) is 0 Å². The second-order valence-electron chi connectivity index (χ2n) is 3.15. The van der Waals surface area contributed by atoms with Crippen molar-refractivity contribution in [3.8, 4) is 11.3 Å². The van der Waals surface area contributed by atoms with Crippen LogP contribution >= 0.6 is 0 Å². The van der Waals surface area contributed by atoms with E-state index in [9.17, 15) is 0 Å². The lowest BCUT2D eigenvalue weighted by Crippen LogP contribution is -1.93. The Kier molecular flexibility index (Phi) is 1.92. The van der Waals surface area contributed by atoms with Crippen LogP contribution in [0.25, 0.3) is 11.3 Å². The Morgan fingerprint density at radius 3 is 2.57 bits per heavy atom. The number of aromatic nitrogens is 4. The van der Waals surface area contributed by atoms with E-state index in [-0.39, 0.29) is 0 Å². The van der Waals surface area contributed by atoms with Crippen LogP contribution in [0.5, 0.6) is 0 Å². The molecule has 2 aromatic rings. The van der Waals surface area contributed by atoms with Crippen molar-refractivity contribution in [1.82, 2.24) is 20.0 Å². The molecule has 2 N–H and O–H groups in total. The summed E-state index contributed by atoms with van der Waals surface area (Å²) < 4.78 is 1.75. The zero-order valence-corrected chi connectivity index (χ0v) is 8.10. The summed E-state index contributed by atoms with van der Waals surface area (Å²) >= 11 is 0. The predicted molar refractivity (Wildman–Crippen MR) is 53.4 cm³/mol. The molecule has 0 radical (unpaired) electrons. The molecule has 0 bridgehead atoms. The minimum absolute atomic E-state index is 0.426. The number of nitrogens with two attached hydrogens (primary N) is 1. The van der Waals surface area contributed by atoms with E-state index in [0.29, 0.717) is 5.82 Å². The number of rotatable bonds is 1. The quantitative estimate of drug-likeness (QED) is 0.719. The monoisotopic (exact) mass is 189 g/mol. The minimum atomic E-state index is 0.426. The van der Waals surface area contributed by atoms with E-state index in [4.69, 9.17) is 5.73 Å². The highest BCUT2D eigenvalue weighted by molar-refractivity contribution is 5.60. The van der Waals surface area contributed by atoms with Crippen molar-refractivity contribution >= 4 is 5.82 Å². The van der Waals surface area contributed by atoms with Gasteiger partial charge in [-0.25, -0.2) is 0 Å². The molecule has 0 spiro atoms. The maximum Gasteiger partial charge on any atom is 0.146 e. The van der Waals surface area contributed by atoms with Gasteiger partial charge in [0, 0.05) is 18.8 Å². The first kappa shape index (κ1) is 8.68. The van der Waals surface area contributed by atoms with Crippen LogP contribution in [0.15, 0.2) is 18.3 Å². The molecule has 0 aliphatic heterocycles. The molecule has 72 valence electrons. The fraction of sp³-hybridized carbons (Fsp3) is 0.222. The van der Waals surface area contributed by atoms with Gasteiger partial charge in [-0.15, -0.1) is 10.2 Å². The van der Waals surface area contributed by atoms with Crippen LogP contribution in [0, 0.1) is 6.92 Å². The van der Waals surface area contributed by atoms with Crippen molar-refractivity contribution in [3.63, 3.8) is 0 Å². The van der Waals surface area contributed by atoms with Gasteiger partial charge in [-0.05, 0) is 19.1 Å². The summed E-state index contributed by atoms with van der Waals surface area (Å²) in [4.78, 5) is 0. The number of anilines is 1. The molecule has 5 heteroatoms. The molecule has 0 fully saturated rings. The molecular formula is C9H11N5. The van der Waals surface area contributed by atoms with Gasteiger partial charge in [-0.2, -0.15) is 5.10 Å². The van der Waals surface area contributed by atoms with Gasteiger partial charge < -0.3 is 5.73 Å². The Bertz CT molecular complexity index is 443. The normalized spacial score (nSPS) is 10.4. The average Bonchev–Trinajstić information content (AvgIpc) is 2.47. The number of nitrogen functional groups attached to an aromatic ring is 1. The summed E-state index contributed by atoms with van der Waals surface area (Å²) in [6.07, 6.45) is 1.91. The summed E-state index contributed by atoms with van der Waals surface area (Å²) in [6.45, 7) is 1.94. The van der Waals surface area contributed by atoms with Crippen molar-refractivity contribution in [2.24, 2.45) is 7.05 Å². The Labute approximate surface area is 81.6 Å². The topological polar surface area (TPSA) is 69.6 Å². The third kappa shape index (κ3) is 1.44. The second-order valence-corrected chi connectivity index (χ2v) is 3.15. The minimum Gasteiger partial charge on any atom is -0.382 e. The first-order valence-corrected chi connectivity index (χ1v) is 4.26. The van der Waals surface area contributed by atoms with Gasteiger partial charge in [-0.3, -0.25) is 4.68 Å². The number of aryl methyl sites for hydroxylation is 2. The first-order chi connectivity index (χ1) is 6.66. The average molecular weight is 189 g/mol. The van der Waals surface area contributed by atoms with E-state index < -0.39 is 0 Å². The summed E-state index contributed by atoms with van der Waals surface area (Å²) in [5.41, 5.74) is 8.17. The Balaban J connectivity index is 2.49. The van der Waals surface area contributed by atoms with E-state index >= 15 is 0 Å². The van der Waals surface area contributed by atoms with Crippen LogP contribution in [-0.4, -0.2) is 20.0 Å². The molecule has 0 saturated heterocycles. The predicted octanol–water partition coefficient (Wildman–Crippen LogP) is 0.768. The van der Waals surface area contributed by atoms with Crippen LogP contribution in [0.2, 0.25) is 0 Å². The molecule has 2 aromatic heterocycles. The maximum absolute atomic E-state index is 5.45. The first-order valence-electron chi connectivity index (χ1n) is 4.26. The molecular weight excluding hydrogens is 178 g/mol. The Morgan fingerprint density at radius 2 is 2.07 bits per heavy atom. The van der Waals surface area contributed by atoms with Crippen molar-refractivity contribution in [2.75, 3.05) is 5.73 Å². The lowest BCUT2D eigenvalue weighted by Gasteiger charge is -1.96. The van der Waals surface area contributed by atoms with E-state index in [2.05, 4.69) is 15.3 Å². The van der Waals surface area contributed by atoms with Gasteiger partial charge in [0.15, 0.2) is 0 Å². The van der Waals surface area contributed by atoms with Gasteiger partial charge in [-0.1, -0.05) is 0 Å². The maximum atomic E-state index is 5.45. The smallest absolute Gasteiger partial charge is 0.146 e. The Morgan fingerprint density at radius 1 is 1.29 bits per heavy atom. The van der Waals surface area contributed by atoms with Gasteiger partial charge in [0.05, 0.1) is 11.4 Å². The van der Waals surface area contributed by atoms with E-state index in [1.807, 2.05) is 26.2 Å². The molecule has 2 rings (SSSR count). The van der Waals surface area contributed by atoms with Crippen LogP contribution in [0.1, 0.15) is 5.69 Å². The van der Waals surface area contributed by atoms with Gasteiger partial charge in [0.25, 0.3) is 0 Å². The van der Waals surface area contributed by atoms with Crippen molar-refractivity contribution < 1.29 is 0 Å². The highest BCUT2D eigenvalue weighted by Crippen LogP contribution is 2.19. The largest absolute Gasteiger partial charge is 0.382 e. The SMILES string of the molecule is Cc1nn(C)cc1-c1ccc(N)nn1.